The molecule has 3 saturated carbocycles. The number of rotatable bonds is 10. The summed E-state index contributed by atoms with van der Waals surface area (Å²) in [5.74, 6) is 4.47. The van der Waals surface area contributed by atoms with Gasteiger partial charge in [-0.2, -0.15) is 0 Å². The summed E-state index contributed by atoms with van der Waals surface area (Å²) in [5, 5.41) is 1.79. The molecule has 0 amide bonds. The van der Waals surface area contributed by atoms with Crippen LogP contribution >= 0.6 is 0 Å². The molecule has 2 heterocycles. The number of hydroxylamine groups is 2. The molecule has 0 radical (unpaired) electrons. The Morgan fingerprint density at radius 3 is 2.44 bits per heavy atom. The fourth-order valence-corrected chi connectivity index (χ4v) is 12.1. The molecule has 4 aliphatic carbocycles. The fourth-order valence-electron chi connectivity index (χ4n) is 12.1. The number of carbonyl (C=O) groups is 2. The molecule has 1 unspecified atom stereocenters. The summed E-state index contributed by atoms with van der Waals surface area (Å²) >= 11 is 0. The van der Waals surface area contributed by atoms with Gasteiger partial charge in [-0.1, -0.05) is 77.7 Å². The molecule has 6 nitrogen and oxygen atoms in total. The zero-order valence-electron chi connectivity index (χ0n) is 33.1. The van der Waals surface area contributed by atoms with Crippen molar-refractivity contribution in [2.75, 3.05) is 6.54 Å². The Hall–Kier alpha value is -2.34. The summed E-state index contributed by atoms with van der Waals surface area (Å²) in [6, 6.07) is 0. The second-order valence-corrected chi connectivity index (χ2v) is 19.2. The molecule has 0 spiro atoms. The van der Waals surface area contributed by atoms with Gasteiger partial charge in [-0.05, 0) is 125 Å². The third-order valence-electron chi connectivity index (χ3n) is 14.7. The quantitative estimate of drug-likeness (QED) is 0.168. The maximum absolute atomic E-state index is 13.6. The summed E-state index contributed by atoms with van der Waals surface area (Å²) in [6.07, 6.45) is 25.3. The van der Waals surface area contributed by atoms with E-state index in [2.05, 4.69) is 79.4 Å². The van der Waals surface area contributed by atoms with Crippen molar-refractivity contribution in [1.29, 1.82) is 0 Å². The highest BCUT2D eigenvalue weighted by Crippen LogP contribution is 2.67. The number of hydrogen-bond donors (Lipinski definition) is 0. The van der Waals surface area contributed by atoms with Crippen molar-refractivity contribution in [3.05, 3.63) is 47.3 Å². The van der Waals surface area contributed by atoms with Crippen LogP contribution in [0.5, 0.6) is 0 Å². The maximum Gasteiger partial charge on any atom is 0.336 e. The largest absolute Gasteiger partial charge is 0.459 e. The topological polar surface area (TPSA) is 59.1 Å². The van der Waals surface area contributed by atoms with Gasteiger partial charge in [0.15, 0.2) is 0 Å². The van der Waals surface area contributed by atoms with Crippen LogP contribution in [0.1, 0.15) is 146 Å². The molecule has 0 aromatic carbocycles. The van der Waals surface area contributed by atoms with E-state index >= 15 is 0 Å². The van der Waals surface area contributed by atoms with Gasteiger partial charge in [0.25, 0.3) is 0 Å². The van der Waals surface area contributed by atoms with Crippen LogP contribution < -0.4 is 0 Å². The molecular weight excluding hydrogens is 620 g/mol. The molecule has 0 bridgehead atoms. The van der Waals surface area contributed by atoms with E-state index in [0.717, 1.165) is 60.3 Å². The van der Waals surface area contributed by atoms with Gasteiger partial charge in [0.1, 0.15) is 6.10 Å². The van der Waals surface area contributed by atoms with E-state index in [1.54, 1.807) is 10.6 Å². The number of ether oxygens (including phenoxy) is 1. The molecule has 6 aliphatic rings. The molecule has 0 N–H and O–H groups in total. The van der Waals surface area contributed by atoms with E-state index < -0.39 is 11.1 Å². The Kier molecular flexibility index (Phi) is 10.4. The molecule has 0 aromatic heterocycles. The van der Waals surface area contributed by atoms with Crippen LogP contribution in [0, 0.1) is 46.3 Å². The van der Waals surface area contributed by atoms with E-state index in [1.807, 2.05) is 18.5 Å². The fraction of sp³-hybridized carbons (Fsp3) is 0.773. The normalized spacial score (nSPS) is 36.5. The number of allylic oxidation sites excluding steroid dienone is 2. The number of fused-ring (bicyclic) bond motifs is 5. The molecule has 50 heavy (non-hydrogen) atoms. The first-order chi connectivity index (χ1) is 23.5. The molecule has 3 fully saturated rings. The summed E-state index contributed by atoms with van der Waals surface area (Å²) in [6.45, 7) is 22.9. The standard InChI is InChI=1S/C44H68N2O4/c1-29(2)13-11-14-30(3)37-18-19-38-36-17-16-33-25-35(20-22-43(33,9)39(36)21-23-44(37,38)10)49-40(48)32-15-12-24-45(27-32)28-34-26-41(5,6)46(42(34,7)8)50-31(4)47/h12,16,24,26-27,29-30,35-39H,11,13-15,17-23,25,28H2,1-10H3/t30-,35?,36+,37-,38+,39+,43+,44-/m1/s1. The number of hydrogen-bond acceptors (Lipinski definition) is 6. The van der Waals surface area contributed by atoms with E-state index in [9.17, 15) is 9.59 Å². The van der Waals surface area contributed by atoms with Crippen LogP contribution in [0.4, 0.5) is 0 Å². The van der Waals surface area contributed by atoms with E-state index in [-0.39, 0.29) is 23.5 Å². The van der Waals surface area contributed by atoms with E-state index in [1.165, 1.54) is 58.3 Å². The van der Waals surface area contributed by atoms with Crippen molar-refractivity contribution < 1.29 is 19.2 Å². The second kappa shape index (κ2) is 13.9. The predicted octanol–water partition coefficient (Wildman–Crippen LogP) is 10.3. The average molecular weight is 689 g/mol. The van der Waals surface area contributed by atoms with Crippen LogP contribution in [0.3, 0.4) is 0 Å². The summed E-state index contributed by atoms with van der Waals surface area (Å²) < 4.78 is 6.30. The smallest absolute Gasteiger partial charge is 0.336 e. The Labute approximate surface area is 304 Å². The lowest BCUT2D eigenvalue weighted by molar-refractivity contribution is -0.228. The van der Waals surface area contributed by atoms with Crippen LogP contribution in [-0.4, -0.2) is 45.6 Å². The molecule has 6 heteroatoms. The first kappa shape index (κ1) is 37.4. The van der Waals surface area contributed by atoms with Crippen molar-refractivity contribution >= 4 is 11.9 Å². The predicted molar refractivity (Wildman–Crippen MR) is 201 cm³/mol. The first-order valence-electron chi connectivity index (χ1n) is 20.2. The zero-order valence-corrected chi connectivity index (χ0v) is 33.1. The van der Waals surface area contributed by atoms with Crippen molar-refractivity contribution in [3.63, 3.8) is 0 Å². The van der Waals surface area contributed by atoms with Gasteiger partial charge in [-0.15, -0.1) is 5.06 Å². The van der Waals surface area contributed by atoms with Crippen molar-refractivity contribution in [2.24, 2.45) is 46.3 Å². The highest BCUT2D eigenvalue weighted by molar-refractivity contribution is 5.89. The maximum atomic E-state index is 13.6. The van der Waals surface area contributed by atoms with Crippen molar-refractivity contribution in [1.82, 2.24) is 9.96 Å². The Morgan fingerprint density at radius 2 is 1.72 bits per heavy atom. The van der Waals surface area contributed by atoms with E-state index in [0.29, 0.717) is 24.0 Å². The molecule has 278 valence electrons. The van der Waals surface area contributed by atoms with Crippen LogP contribution in [0.15, 0.2) is 47.3 Å². The molecule has 2 aliphatic heterocycles. The van der Waals surface area contributed by atoms with Crippen LogP contribution in [0.25, 0.3) is 0 Å². The van der Waals surface area contributed by atoms with E-state index in [4.69, 9.17) is 9.57 Å². The lowest BCUT2D eigenvalue weighted by atomic mass is 9.47. The monoisotopic (exact) mass is 689 g/mol. The summed E-state index contributed by atoms with van der Waals surface area (Å²) in [4.78, 5) is 33.2. The Morgan fingerprint density at radius 1 is 0.960 bits per heavy atom. The average Bonchev–Trinajstić information content (AvgIpc) is 3.47. The molecule has 0 aromatic rings. The van der Waals surface area contributed by atoms with Crippen LogP contribution in [0.2, 0.25) is 0 Å². The lowest BCUT2D eigenvalue weighted by Gasteiger charge is -2.58. The zero-order chi connectivity index (χ0) is 36.2. The van der Waals surface area contributed by atoms with Crippen molar-refractivity contribution in [2.45, 2.75) is 163 Å². The summed E-state index contributed by atoms with van der Waals surface area (Å²) in [5.41, 5.74) is 3.25. The minimum atomic E-state index is -0.474. The molecule has 0 saturated heterocycles. The van der Waals surface area contributed by atoms with Crippen LogP contribution in [-0.2, 0) is 19.2 Å². The SMILES string of the molecule is CC(=O)ON1C(C)(C)C=C(CN2C=CCC(C(=O)OC3CC[C@@]4(C)C(=CC[C@H]5[C@@H]6CC[C@H]([C@H](C)CCCC(C)C)[C@@]6(C)CC[C@@H]54)C3)=C2)C1(C)C. The first-order valence-corrected chi connectivity index (χ1v) is 20.2. The third-order valence-corrected chi connectivity index (χ3v) is 14.7. The molecule has 8 atom stereocenters. The molecule has 6 rings (SSSR count). The third kappa shape index (κ3) is 6.93. The van der Waals surface area contributed by atoms with Gasteiger partial charge in [0.2, 0.25) is 0 Å². The van der Waals surface area contributed by atoms with Gasteiger partial charge in [0.05, 0.1) is 16.7 Å². The number of nitrogens with zero attached hydrogens (tertiary/aromatic N) is 2. The van der Waals surface area contributed by atoms with Gasteiger partial charge >= 0.3 is 11.9 Å². The van der Waals surface area contributed by atoms with Gasteiger partial charge in [0, 0.05) is 38.7 Å². The van der Waals surface area contributed by atoms with Crippen molar-refractivity contribution in [3.8, 4) is 0 Å². The lowest BCUT2D eigenvalue weighted by Crippen LogP contribution is -2.51. The molecular formula is C44H68N2O4. The highest BCUT2D eigenvalue weighted by atomic mass is 16.7. The minimum absolute atomic E-state index is 0.0513. The summed E-state index contributed by atoms with van der Waals surface area (Å²) in [7, 11) is 0. The van der Waals surface area contributed by atoms with Gasteiger partial charge < -0.3 is 14.5 Å². The van der Waals surface area contributed by atoms with Gasteiger partial charge in [-0.3, -0.25) is 4.79 Å². The highest BCUT2D eigenvalue weighted by Gasteiger charge is 2.59. The Bertz CT molecular complexity index is 1430. The number of esters is 1. The number of carbonyl (C=O) groups excluding carboxylic acids is 2. The second-order valence-electron chi connectivity index (χ2n) is 19.2. The Balaban J connectivity index is 1.07. The minimum Gasteiger partial charge on any atom is -0.459 e. The van der Waals surface area contributed by atoms with Gasteiger partial charge in [-0.25, -0.2) is 4.79 Å².